The number of aromatic nitrogens is 2. The van der Waals surface area contributed by atoms with Crippen LogP contribution in [-0.4, -0.2) is 21.7 Å². The summed E-state index contributed by atoms with van der Waals surface area (Å²) in [5.74, 6) is 1.40. The van der Waals surface area contributed by atoms with Gasteiger partial charge in [-0.3, -0.25) is 4.79 Å². The van der Waals surface area contributed by atoms with E-state index in [1.165, 1.54) is 22.9 Å². The fourth-order valence-corrected chi connectivity index (χ4v) is 3.18. The third kappa shape index (κ3) is 5.45. The number of rotatable bonds is 7. The molecule has 0 bridgehead atoms. The highest BCUT2D eigenvalue weighted by molar-refractivity contribution is 7.99. The van der Waals surface area contributed by atoms with Gasteiger partial charge >= 0.3 is 0 Å². The van der Waals surface area contributed by atoms with Gasteiger partial charge in [-0.15, -0.1) is 10.2 Å². The normalized spacial score (nSPS) is 11.4. The van der Waals surface area contributed by atoms with Crippen LogP contribution in [0, 0.1) is 6.92 Å². The Hall–Kier alpha value is -2.60. The number of ketones is 1. The number of nitrogens with zero attached hydrogens (tertiary/aromatic N) is 2. The van der Waals surface area contributed by atoms with Gasteiger partial charge in [0.15, 0.2) is 12.4 Å². The first-order chi connectivity index (χ1) is 13.3. The fourth-order valence-electron chi connectivity index (χ4n) is 2.50. The van der Waals surface area contributed by atoms with Gasteiger partial charge < -0.3 is 9.15 Å². The van der Waals surface area contributed by atoms with E-state index < -0.39 is 0 Å². The van der Waals surface area contributed by atoms with Crippen molar-refractivity contribution in [2.45, 2.75) is 44.9 Å². The Balaban J connectivity index is 1.51. The van der Waals surface area contributed by atoms with Crippen LogP contribution in [0.3, 0.4) is 0 Å². The minimum absolute atomic E-state index is 0.0288. The summed E-state index contributed by atoms with van der Waals surface area (Å²) in [6, 6.07) is 15.5. The SMILES string of the molecule is Cc1ccc(OCc2nnc(SCC(=O)c3ccc(C(C)(C)C)cc3)o2)cc1. The Morgan fingerprint density at radius 1 is 1.04 bits per heavy atom. The zero-order valence-electron chi connectivity index (χ0n) is 16.6. The summed E-state index contributed by atoms with van der Waals surface area (Å²) >= 11 is 1.23. The van der Waals surface area contributed by atoms with Crippen molar-refractivity contribution in [2.24, 2.45) is 0 Å². The number of benzene rings is 2. The molecule has 3 rings (SSSR count). The molecule has 0 saturated heterocycles. The monoisotopic (exact) mass is 396 g/mol. The number of hydrogen-bond acceptors (Lipinski definition) is 6. The van der Waals surface area contributed by atoms with Crippen molar-refractivity contribution in [3.63, 3.8) is 0 Å². The minimum Gasteiger partial charge on any atom is -0.484 e. The molecular formula is C22H24N2O3S. The summed E-state index contributed by atoms with van der Waals surface area (Å²) in [6.07, 6.45) is 0. The number of hydrogen-bond donors (Lipinski definition) is 0. The first kappa shape index (κ1) is 20.1. The number of thioether (sulfide) groups is 1. The predicted octanol–water partition coefficient (Wildman–Crippen LogP) is 5.23. The Labute approximate surface area is 169 Å². The molecule has 3 aromatic rings. The number of ether oxygens (including phenoxy) is 1. The average molecular weight is 397 g/mol. The van der Waals surface area contributed by atoms with Gasteiger partial charge in [0.1, 0.15) is 5.75 Å². The van der Waals surface area contributed by atoms with Gasteiger partial charge in [-0.25, -0.2) is 0 Å². The molecule has 28 heavy (non-hydrogen) atoms. The van der Waals surface area contributed by atoms with Crippen molar-refractivity contribution in [2.75, 3.05) is 5.75 Å². The molecule has 146 valence electrons. The lowest BCUT2D eigenvalue weighted by Crippen LogP contribution is -2.11. The Bertz CT molecular complexity index is 926. The van der Waals surface area contributed by atoms with E-state index in [0.717, 1.165) is 5.75 Å². The zero-order valence-corrected chi connectivity index (χ0v) is 17.4. The zero-order chi connectivity index (χ0) is 20.1. The van der Waals surface area contributed by atoms with Crippen LogP contribution in [0.1, 0.15) is 48.1 Å². The van der Waals surface area contributed by atoms with Crippen molar-refractivity contribution in [1.29, 1.82) is 0 Å². The van der Waals surface area contributed by atoms with Crippen LogP contribution in [0.5, 0.6) is 5.75 Å². The standard InChI is InChI=1S/C22H24N2O3S/c1-15-5-11-18(12-6-15)26-13-20-23-24-21(27-20)28-14-19(25)16-7-9-17(10-8-16)22(2,3)4/h5-12H,13-14H2,1-4H3. The van der Waals surface area contributed by atoms with E-state index in [2.05, 4.69) is 31.0 Å². The molecule has 0 aliphatic carbocycles. The smallest absolute Gasteiger partial charge is 0.277 e. The second-order valence-electron chi connectivity index (χ2n) is 7.60. The maximum Gasteiger partial charge on any atom is 0.277 e. The number of Topliss-reactive ketones (excluding diaryl/α,β-unsaturated/α-hetero) is 1. The molecule has 2 aromatic carbocycles. The molecule has 0 aliphatic heterocycles. The van der Waals surface area contributed by atoms with Gasteiger partial charge in [0.05, 0.1) is 5.75 Å². The van der Waals surface area contributed by atoms with Gasteiger partial charge in [0.2, 0.25) is 0 Å². The molecule has 6 heteroatoms. The van der Waals surface area contributed by atoms with Crippen molar-refractivity contribution < 1.29 is 13.9 Å². The molecule has 0 saturated carbocycles. The topological polar surface area (TPSA) is 65.2 Å². The van der Waals surface area contributed by atoms with E-state index in [4.69, 9.17) is 9.15 Å². The van der Waals surface area contributed by atoms with Crippen LogP contribution in [0.2, 0.25) is 0 Å². The third-order valence-corrected chi connectivity index (χ3v) is 5.05. The molecule has 1 aromatic heterocycles. The molecule has 0 radical (unpaired) electrons. The lowest BCUT2D eigenvalue weighted by atomic mass is 9.86. The third-order valence-electron chi connectivity index (χ3n) is 4.23. The second-order valence-corrected chi connectivity index (χ2v) is 8.53. The van der Waals surface area contributed by atoms with Crippen LogP contribution >= 0.6 is 11.8 Å². The summed E-state index contributed by atoms with van der Waals surface area (Å²) in [5, 5.41) is 8.30. The summed E-state index contributed by atoms with van der Waals surface area (Å²) in [7, 11) is 0. The lowest BCUT2D eigenvalue weighted by Gasteiger charge is -2.18. The first-order valence-electron chi connectivity index (χ1n) is 9.10. The van der Waals surface area contributed by atoms with Crippen LogP contribution in [0.4, 0.5) is 0 Å². The van der Waals surface area contributed by atoms with Gasteiger partial charge in [-0.1, -0.05) is 74.5 Å². The van der Waals surface area contributed by atoms with Crippen LogP contribution < -0.4 is 4.74 Å². The molecule has 0 N–H and O–H groups in total. The van der Waals surface area contributed by atoms with Gasteiger partial charge in [-0.2, -0.15) is 0 Å². The minimum atomic E-state index is 0.0288. The number of carbonyl (C=O) groups excluding carboxylic acids is 1. The molecule has 1 heterocycles. The van der Waals surface area contributed by atoms with Crippen molar-refractivity contribution >= 4 is 17.5 Å². The Kier molecular flexibility index (Phi) is 6.19. The molecule has 0 atom stereocenters. The molecule has 0 unspecified atom stereocenters. The Morgan fingerprint density at radius 3 is 2.36 bits per heavy atom. The van der Waals surface area contributed by atoms with E-state index in [1.54, 1.807) is 0 Å². The molecule has 0 fully saturated rings. The predicted molar refractivity (Wildman–Crippen MR) is 110 cm³/mol. The summed E-state index contributed by atoms with van der Waals surface area (Å²) < 4.78 is 11.2. The lowest BCUT2D eigenvalue weighted by molar-refractivity contribution is 0.102. The van der Waals surface area contributed by atoms with E-state index in [9.17, 15) is 4.79 Å². The average Bonchev–Trinajstić information content (AvgIpc) is 3.13. The fraction of sp³-hybridized carbons (Fsp3) is 0.318. The largest absolute Gasteiger partial charge is 0.484 e. The Morgan fingerprint density at radius 2 is 1.71 bits per heavy atom. The molecule has 0 amide bonds. The van der Waals surface area contributed by atoms with Crippen LogP contribution in [0.15, 0.2) is 58.2 Å². The summed E-state index contributed by atoms with van der Waals surface area (Å²) in [4.78, 5) is 12.4. The van der Waals surface area contributed by atoms with Crippen molar-refractivity contribution in [1.82, 2.24) is 10.2 Å². The molecule has 0 spiro atoms. The molecule has 5 nitrogen and oxygen atoms in total. The highest BCUT2D eigenvalue weighted by Gasteiger charge is 2.15. The highest BCUT2D eigenvalue weighted by atomic mass is 32.2. The van der Waals surface area contributed by atoms with Gasteiger partial charge in [0.25, 0.3) is 11.1 Å². The van der Waals surface area contributed by atoms with Crippen molar-refractivity contribution in [3.05, 3.63) is 71.1 Å². The molecule has 0 aliphatic rings. The van der Waals surface area contributed by atoms with Gasteiger partial charge in [-0.05, 0) is 30.0 Å². The van der Waals surface area contributed by atoms with E-state index in [1.807, 2.05) is 55.5 Å². The quantitative estimate of drug-likeness (QED) is 0.402. The van der Waals surface area contributed by atoms with Gasteiger partial charge in [0, 0.05) is 5.56 Å². The van der Waals surface area contributed by atoms with Crippen LogP contribution in [-0.2, 0) is 12.0 Å². The van der Waals surface area contributed by atoms with Crippen LogP contribution in [0.25, 0.3) is 0 Å². The summed E-state index contributed by atoms with van der Waals surface area (Å²) in [6.45, 7) is 8.66. The van der Waals surface area contributed by atoms with E-state index in [0.29, 0.717) is 16.7 Å². The molecular weight excluding hydrogens is 372 g/mol. The second kappa shape index (κ2) is 8.61. The van der Waals surface area contributed by atoms with E-state index >= 15 is 0 Å². The maximum atomic E-state index is 12.4. The van der Waals surface area contributed by atoms with Crippen molar-refractivity contribution in [3.8, 4) is 5.75 Å². The highest BCUT2D eigenvalue weighted by Crippen LogP contribution is 2.23. The summed E-state index contributed by atoms with van der Waals surface area (Å²) in [5.41, 5.74) is 3.12. The number of aryl methyl sites for hydroxylation is 1. The maximum absolute atomic E-state index is 12.4. The first-order valence-corrected chi connectivity index (χ1v) is 10.1. The number of carbonyl (C=O) groups is 1. The van der Waals surface area contributed by atoms with E-state index in [-0.39, 0.29) is 23.6 Å².